The third-order valence-electron chi connectivity index (χ3n) is 3.85. The Balaban J connectivity index is 1.59. The first-order valence-corrected chi connectivity index (χ1v) is 9.18. The van der Waals surface area contributed by atoms with Gasteiger partial charge in [0.05, 0.1) is 32.0 Å². The molecule has 1 saturated heterocycles. The molecule has 0 atom stereocenters. The van der Waals surface area contributed by atoms with E-state index >= 15 is 0 Å². The van der Waals surface area contributed by atoms with Gasteiger partial charge < -0.3 is 20.3 Å². The molecular formula is C16H27N3O2S+2. The van der Waals surface area contributed by atoms with Crippen molar-refractivity contribution in [3.05, 3.63) is 24.3 Å². The van der Waals surface area contributed by atoms with E-state index in [-0.39, 0.29) is 5.91 Å². The van der Waals surface area contributed by atoms with Crippen molar-refractivity contribution in [2.24, 2.45) is 0 Å². The highest BCUT2D eigenvalue weighted by Gasteiger charge is 2.13. The van der Waals surface area contributed by atoms with E-state index in [0.29, 0.717) is 6.54 Å². The van der Waals surface area contributed by atoms with Crippen LogP contribution in [0.2, 0.25) is 0 Å². The smallest absolute Gasteiger partial charge is 0.279 e. The van der Waals surface area contributed by atoms with Gasteiger partial charge in [-0.1, -0.05) is 12.1 Å². The summed E-state index contributed by atoms with van der Waals surface area (Å²) in [6.07, 6.45) is 3.16. The summed E-state index contributed by atoms with van der Waals surface area (Å²) in [4.78, 5) is 14.7. The fourth-order valence-electron chi connectivity index (χ4n) is 2.59. The maximum Gasteiger partial charge on any atom is 0.279 e. The third-order valence-corrected chi connectivity index (χ3v) is 4.65. The van der Waals surface area contributed by atoms with Crippen LogP contribution in [0.25, 0.3) is 0 Å². The molecule has 2 rings (SSSR count). The van der Waals surface area contributed by atoms with Crippen molar-refractivity contribution >= 4 is 23.4 Å². The summed E-state index contributed by atoms with van der Waals surface area (Å²) in [5, 5.41) is 5.08. The largest absolute Gasteiger partial charge is 0.370 e. The van der Waals surface area contributed by atoms with Crippen molar-refractivity contribution in [3.8, 4) is 0 Å². The van der Waals surface area contributed by atoms with E-state index in [1.54, 1.807) is 16.7 Å². The number of nitrogens with one attached hydrogen (secondary N) is 2. The standard InChI is InChI=1S/C16H25N3O2S/c1-22-15-6-3-2-5-14(15)18-16(20)13-17-7-4-8-19-9-11-21-12-10-19/h2-3,5-6,17H,4,7-13H2,1H3,(H,18,20)/p+2. The van der Waals surface area contributed by atoms with Crippen LogP contribution < -0.4 is 15.5 Å². The number of hydrogen-bond donors (Lipinski definition) is 3. The van der Waals surface area contributed by atoms with E-state index in [2.05, 4.69) is 10.6 Å². The molecule has 0 radical (unpaired) electrons. The first-order chi connectivity index (χ1) is 10.8. The third kappa shape index (κ3) is 5.96. The number of thioether (sulfide) groups is 1. The Bertz CT molecular complexity index is 464. The predicted octanol–water partition coefficient (Wildman–Crippen LogP) is -0.784. The van der Waals surface area contributed by atoms with Crippen LogP contribution in [0.3, 0.4) is 0 Å². The maximum absolute atomic E-state index is 12.0. The van der Waals surface area contributed by atoms with Crippen LogP contribution in [0, 0.1) is 0 Å². The Morgan fingerprint density at radius 3 is 2.91 bits per heavy atom. The minimum Gasteiger partial charge on any atom is -0.370 e. The van der Waals surface area contributed by atoms with Gasteiger partial charge in [0, 0.05) is 11.3 Å². The van der Waals surface area contributed by atoms with Gasteiger partial charge in [-0.25, -0.2) is 0 Å². The summed E-state index contributed by atoms with van der Waals surface area (Å²) in [6.45, 7) is 6.67. The number of carbonyl (C=O) groups is 1. The van der Waals surface area contributed by atoms with Crippen molar-refractivity contribution in [1.82, 2.24) is 0 Å². The number of benzene rings is 1. The number of carbonyl (C=O) groups excluding carboxylic acids is 1. The zero-order valence-electron chi connectivity index (χ0n) is 13.3. The van der Waals surface area contributed by atoms with Crippen LogP contribution in [-0.4, -0.2) is 58.1 Å². The number of rotatable bonds is 8. The Kier molecular flexibility index (Phi) is 7.73. The van der Waals surface area contributed by atoms with Gasteiger partial charge in [0.1, 0.15) is 13.1 Å². The quantitative estimate of drug-likeness (QED) is 0.434. The fourth-order valence-corrected chi connectivity index (χ4v) is 3.14. The summed E-state index contributed by atoms with van der Waals surface area (Å²) in [5.41, 5.74) is 0.908. The highest BCUT2D eigenvalue weighted by molar-refractivity contribution is 7.98. The number of nitrogens with two attached hydrogens (primary N) is 1. The van der Waals surface area contributed by atoms with Crippen LogP contribution in [0.5, 0.6) is 0 Å². The number of amides is 1. The molecular weight excluding hydrogens is 298 g/mol. The average molecular weight is 325 g/mol. The molecule has 0 spiro atoms. The molecule has 0 bridgehead atoms. The van der Waals surface area contributed by atoms with E-state index < -0.39 is 0 Å². The lowest BCUT2D eigenvalue weighted by Gasteiger charge is -2.23. The molecule has 1 aromatic rings. The molecule has 0 aromatic heterocycles. The molecule has 1 aliphatic rings. The van der Waals surface area contributed by atoms with E-state index in [4.69, 9.17) is 4.74 Å². The molecule has 22 heavy (non-hydrogen) atoms. The summed E-state index contributed by atoms with van der Waals surface area (Å²) < 4.78 is 5.35. The maximum atomic E-state index is 12.0. The number of para-hydroxylation sites is 1. The van der Waals surface area contributed by atoms with Crippen molar-refractivity contribution in [2.45, 2.75) is 11.3 Å². The predicted molar refractivity (Wildman–Crippen MR) is 89.5 cm³/mol. The van der Waals surface area contributed by atoms with Gasteiger partial charge in [0.15, 0.2) is 6.54 Å². The fraction of sp³-hybridized carbons (Fsp3) is 0.562. The lowest BCUT2D eigenvalue weighted by atomic mass is 10.3. The minimum absolute atomic E-state index is 0.0696. The summed E-state index contributed by atoms with van der Waals surface area (Å²) >= 11 is 1.65. The molecule has 1 aliphatic heterocycles. The Morgan fingerprint density at radius 2 is 2.14 bits per heavy atom. The molecule has 1 heterocycles. The molecule has 1 aromatic carbocycles. The zero-order chi connectivity index (χ0) is 15.6. The van der Waals surface area contributed by atoms with Crippen LogP contribution in [0.15, 0.2) is 29.2 Å². The topological polar surface area (TPSA) is 59.4 Å². The molecule has 4 N–H and O–H groups in total. The highest BCUT2D eigenvalue weighted by atomic mass is 32.2. The number of hydrogen-bond acceptors (Lipinski definition) is 3. The number of anilines is 1. The van der Waals surface area contributed by atoms with Gasteiger partial charge in [-0.2, -0.15) is 0 Å². The highest BCUT2D eigenvalue weighted by Crippen LogP contribution is 2.24. The second-order valence-corrected chi connectivity index (χ2v) is 6.34. The SMILES string of the molecule is CSc1ccccc1NC(=O)C[NH2+]CCC[NH+]1CCOCC1. The van der Waals surface area contributed by atoms with Gasteiger partial charge in [-0.05, 0) is 18.4 Å². The Hall–Kier alpha value is -1.08. The van der Waals surface area contributed by atoms with Crippen LogP contribution in [0.4, 0.5) is 5.69 Å². The minimum atomic E-state index is 0.0696. The normalized spacial score (nSPS) is 15.7. The number of morpholine rings is 1. The van der Waals surface area contributed by atoms with Crippen LogP contribution in [-0.2, 0) is 9.53 Å². The van der Waals surface area contributed by atoms with Gasteiger partial charge in [0.2, 0.25) is 0 Å². The van der Waals surface area contributed by atoms with Gasteiger partial charge in [-0.15, -0.1) is 11.8 Å². The van der Waals surface area contributed by atoms with Crippen molar-refractivity contribution in [2.75, 3.05) is 57.5 Å². The molecule has 1 fully saturated rings. The first kappa shape index (κ1) is 17.3. The lowest BCUT2D eigenvalue weighted by molar-refractivity contribution is -0.909. The lowest BCUT2D eigenvalue weighted by Crippen LogP contribution is -3.14. The van der Waals surface area contributed by atoms with Crippen molar-refractivity contribution in [1.29, 1.82) is 0 Å². The zero-order valence-corrected chi connectivity index (χ0v) is 14.1. The Labute approximate surface area is 136 Å². The van der Waals surface area contributed by atoms with Crippen molar-refractivity contribution in [3.63, 3.8) is 0 Å². The second kappa shape index (κ2) is 9.84. The molecule has 0 unspecified atom stereocenters. The van der Waals surface area contributed by atoms with Crippen LogP contribution >= 0.6 is 11.8 Å². The number of ether oxygens (including phenoxy) is 1. The molecule has 0 saturated carbocycles. The summed E-state index contributed by atoms with van der Waals surface area (Å²) in [5.74, 6) is 0.0696. The van der Waals surface area contributed by atoms with E-state index in [1.807, 2.05) is 30.5 Å². The van der Waals surface area contributed by atoms with E-state index in [1.165, 1.54) is 6.54 Å². The Morgan fingerprint density at radius 1 is 1.36 bits per heavy atom. The molecule has 1 amide bonds. The second-order valence-electron chi connectivity index (χ2n) is 5.50. The first-order valence-electron chi connectivity index (χ1n) is 7.95. The van der Waals surface area contributed by atoms with Gasteiger partial charge in [0.25, 0.3) is 5.91 Å². The number of quaternary nitrogens is 2. The average Bonchev–Trinajstić information content (AvgIpc) is 2.56. The summed E-state index contributed by atoms with van der Waals surface area (Å²) in [7, 11) is 0. The van der Waals surface area contributed by atoms with Crippen molar-refractivity contribution < 1.29 is 19.7 Å². The van der Waals surface area contributed by atoms with Gasteiger partial charge >= 0.3 is 0 Å². The molecule has 5 nitrogen and oxygen atoms in total. The van der Waals surface area contributed by atoms with E-state index in [9.17, 15) is 4.79 Å². The monoisotopic (exact) mass is 325 g/mol. The van der Waals surface area contributed by atoms with Crippen LogP contribution in [0.1, 0.15) is 6.42 Å². The summed E-state index contributed by atoms with van der Waals surface area (Å²) in [6, 6.07) is 7.91. The molecule has 6 heteroatoms. The molecule has 0 aliphatic carbocycles. The van der Waals surface area contributed by atoms with E-state index in [0.717, 1.165) is 49.9 Å². The van der Waals surface area contributed by atoms with Gasteiger partial charge in [-0.3, -0.25) is 4.79 Å². The molecule has 122 valence electrons.